The largest absolute Gasteiger partial charge is 0.458 e. The predicted octanol–water partition coefficient (Wildman–Crippen LogP) is 4.69. The molecule has 3 aromatic rings. The molecule has 0 bridgehead atoms. The Hall–Kier alpha value is -3.23. The van der Waals surface area contributed by atoms with Crippen LogP contribution in [0, 0.1) is 13.8 Å². The van der Waals surface area contributed by atoms with Gasteiger partial charge in [-0.2, -0.15) is 0 Å². The molecule has 5 heteroatoms. The van der Waals surface area contributed by atoms with Gasteiger partial charge in [0.1, 0.15) is 6.61 Å². The fourth-order valence-electron chi connectivity index (χ4n) is 3.50. The molecule has 0 saturated carbocycles. The molecule has 0 aliphatic carbocycles. The lowest BCUT2D eigenvalue weighted by Crippen LogP contribution is -2.23. The predicted molar refractivity (Wildman–Crippen MR) is 120 cm³/mol. The molecule has 0 atom stereocenters. The van der Waals surface area contributed by atoms with Crippen molar-refractivity contribution >= 4 is 29.2 Å². The van der Waals surface area contributed by atoms with E-state index in [9.17, 15) is 14.2 Å². The Morgan fingerprint density at radius 3 is 1.80 bits per heavy atom. The summed E-state index contributed by atoms with van der Waals surface area (Å²) in [7, 11) is -3.58. The molecule has 0 amide bonds. The minimum Gasteiger partial charge on any atom is -0.458 e. The molecule has 152 valence electrons. The zero-order valence-electron chi connectivity index (χ0n) is 17.0. The lowest BCUT2D eigenvalue weighted by Gasteiger charge is -2.21. The lowest BCUT2D eigenvalue weighted by atomic mass is 10.0. The highest BCUT2D eigenvalue weighted by Crippen LogP contribution is 2.47. The number of aryl methyl sites for hydroxylation is 2. The van der Waals surface area contributed by atoms with Crippen molar-refractivity contribution in [1.82, 2.24) is 0 Å². The van der Waals surface area contributed by atoms with Crippen molar-refractivity contribution in [2.24, 2.45) is 0 Å². The van der Waals surface area contributed by atoms with E-state index in [1.165, 1.54) is 0 Å². The summed E-state index contributed by atoms with van der Waals surface area (Å²) < 4.78 is 19.4. The molecule has 3 rings (SSSR count). The van der Waals surface area contributed by atoms with Gasteiger partial charge in [-0.05, 0) is 30.5 Å². The Kier molecular flexibility index (Phi) is 6.49. The maximum absolute atomic E-state index is 14.3. The summed E-state index contributed by atoms with van der Waals surface area (Å²) in [6.07, 6.45) is 1.10. The van der Waals surface area contributed by atoms with Gasteiger partial charge in [-0.25, -0.2) is 4.79 Å². The molecule has 0 aliphatic heterocycles. The highest BCUT2D eigenvalue weighted by molar-refractivity contribution is 7.93. The third-order valence-corrected chi connectivity index (χ3v) is 7.73. The standard InChI is InChI=1S/C25H23O4P/c1-4-23(26)29-17-20-15-18(2)24(19(3)16-20)25(27)30(28,21-11-7-5-8-12-21)22-13-9-6-10-14-22/h4-16H,1,17H2,2-3H3. The van der Waals surface area contributed by atoms with Gasteiger partial charge in [0.25, 0.3) is 0 Å². The van der Waals surface area contributed by atoms with Crippen molar-refractivity contribution in [2.45, 2.75) is 20.5 Å². The number of esters is 1. The van der Waals surface area contributed by atoms with Gasteiger partial charge in [0.15, 0.2) is 0 Å². The molecule has 0 spiro atoms. The first-order chi connectivity index (χ1) is 14.4. The molecule has 4 nitrogen and oxygen atoms in total. The summed E-state index contributed by atoms with van der Waals surface area (Å²) >= 11 is 0. The van der Waals surface area contributed by atoms with E-state index in [4.69, 9.17) is 4.74 Å². The fourth-order valence-corrected chi connectivity index (χ4v) is 6.12. The van der Waals surface area contributed by atoms with Crippen molar-refractivity contribution in [3.05, 3.63) is 108 Å². The van der Waals surface area contributed by atoms with E-state index in [1.807, 2.05) is 12.1 Å². The van der Waals surface area contributed by atoms with E-state index in [0.717, 1.165) is 11.6 Å². The van der Waals surface area contributed by atoms with Crippen LogP contribution in [0.2, 0.25) is 0 Å². The van der Waals surface area contributed by atoms with Gasteiger partial charge in [0, 0.05) is 22.2 Å². The molecule has 0 radical (unpaired) electrons. The van der Waals surface area contributed by atoms with Gasteiger partial charge in [0.05, 0.1) is 0 Å². The van der Waals surface area contributed by atoms with E-state index in [2.05, 4.69) is 6.58 Å². The van der Waals surface area contributed by atoms with Gasteiger partial charge < -0.3 is 9.30 Å². The lowest BCUT2D eigenvalue weighted by molar-refractivity contribution is -0.138. The van der Waals surface area contributed by atoms with Crippen LogP contribution in [-0.4, -0.2) is 11.5 Å². The SMILES string of the molecule is C=CC(=O)OCc1cc(C)c(C(=O)P(=O)(c2ccccc2)c2ccccc2)c(C)c1. The minimum absolute atomic E-state index is 0.0794. The van der Waals surface area contributed by atoms with Gasteiger partial charge in [0.2, 0.25) is 12.7 Å². The summed E-state index contributed by atoms with van der Waals surface area (Å²) in [6, 6.07) is 21.3. The molecule has 0 aromatic heterocycles. The number of ether oxygens (including phenoxy) is 1. The Balaban J connectivity index is 2.09. The molecular weight excluding hydrogens is 395 g/mol. The fraction of sp³-hybridized carbons (Fsp3) is 0.120. The number of hydrogen-bond donors (Lipinski definition) is 0. The quantitative estimate of drug-likeness (QED) is 0.317. The molecule has 0 heterocycles. The topological polar surface area (TPSA) is 60.4 Å². The van der Waals surface area contributed by atoms with Crippen LogP contribution in [0.4, 0.5) is 0 Å². The van der Waals surface area contributed by atoms with Crippen LogP contribution in [0.25, 0.3) is 0 Å². The van der Waals surface area contributed by atoms with Crippen molar-refractivity contribution in [1.29, 1.82) is 0 Å². The Morgan fingerprint density at radius 2 is 1.37 bits per heavy atom. The van der Waals surface area contributed by atoms with Gasteiger partial charge in [-0.1, -0.05) is 79.4 Å². The molecular formula is C25H23O4P. The Bertz CT molecular complexity index is 1070. The maximum atomic E-state index is 14.3. The first-order valence-corrected chi connectivity index (χ1v) is 11.2. The zero-order valence-corrected chi connectivity index (χ0v) is 17.9. The second-order valence-electron chi connectivity index (χ2n) is 7.00. The van der Waals surface area contributed by atoms with E-state index >= 15 is 0 Å². The van der Waals surface area contributed by atoms with Crippen molar-refractivity contribution in [3.8, 4) is 0 Å². The summed E-state index contributed by atoms with van der Waals surface area (Å²) in [6.45, 7) is 7.07. The van der Waals surface area contributed by atoms with E-state index in [0.29, 0.717) is 27.3 Å². The van der Waals surface area contributed by atoms with Crippen LogP contribution in [0.15, 0.2) is 85.5 Å². The van der Waals surface area contributed by atoms with Crippen molar-refractivity contribution in [2.75, 3.05) is 0 Å². The summed E-state index contributed by atoms with van der Waals surface area (Å²) in [5.41, 5.74) is 2.17. The molecule has 3 aromatic carbocycles. The average Bonchev–Trinajstić information content (AvgIpc) is 2.77. The number of hydrogen-bond acceptors (Lipinski definition) is 4. The molecule has 0 fully saturated rings. The van der Waals surface area contributed by atoms with E-state index < -0.39 is 18.6 Å². The Labute approximate surface area is 176 Å². The zero-order chi connectivity index (χ0) is 21.7. The monoisotopic (exact) mass is 418 g/mol. The highest BCUT2D eigenvalue weighted by Gasteiger charge is 2.37. The second kappa shape index (κ2) is 9.06. The summed E-state index contributed by atoms with van der Waals surface area (Å²) in [4.78, 5) is 25.1. The molecule has 0 saturated heterocycles. The molecule has 0 unspecified atom stereocenters. The first-order valence-electron chi connectivity index (χ1n) is 9.53. The third-order valence-electron chi connectivity index (χ3n) is 4.88. The maximum Gasteiger partial charge on any atom is 0.330 e. The van der Waals surface area contributed by atoms with Crippen molar-refractivity contribution < 1.29 is 18.9 Å². The van der Waals surface area contributed by atoms with Crippen molar-refractivity contribution in [3.63, 3.8) is 0 Å². The van der Waals surface area contributed by atoms with Crippen LogP contribution < -0.4 is 10.6 Å². The van der Waals surface area contributed by atoms with E-state index in [1.54, 1.807) is 74.5 Å². The van der Waals surface area contributed by atoms with Crippen LogP contribution in [0.1, 0.15) is 27.0 Å². The number of carbonyl (C=O) groups excluding carboxylic acids is 2. The molecule has 0 N–H and O–H groups in total. The first kappa shape index (κ1) is 21.5. The van der Waals surface area contributed by atoms with Crippen LogP contribution in [0.5, 0.6) is 0 Å². The summed E-state index contributed by atoms with van der Waals surface area (Å²) in [5, 5.41) is 1.01. The van der Waals surface area contributed by atoms with E-state index in [-0.39, 0.29) is 6.61 Å². The Morgan fingerprint density at radius 1 is 0.900 bits per heavy atom. The number of carbonyl (C=O) groups is 2. The van der Waals surface area contributed by atoms with Crippen LogP contribution in [-0.2, 0) is 20.7 Å². The summed E-state index contributed by atoms with van der Waals surface area (Å²) in [5.74, 6) is -0.511. The average molecular weight is 418 g/mol. The third kappa shape index (κ3) is 4.19. The van der Waals surface area contributed by atoms with Gasteiger partial charge in [-0.15, -0.1) is 0 Å². The van der Waals surface area contributed by atoms with Crippen LogP contribution in [0.3, 0.4) is 0 Å². The highest BCUT2D eigenvalue weighted by atomic mass is 31.2. The molecule has 0 aliphatic rings. The van der Waals surface area contributed by atoms with Gasteiger partial charge >= 0.3 is 5.97 Å². The number of benzene rings is 3. The molecule has 30 heavy (non-hydrogen) atoms. The smallest absolute Gasteiger partial charge is 0.330 e. The second-order valence-corrected chi connectivity index (χ2v) is 9.66. The van der Waals surface area contributed by atoms with Crippen LogP contribution >= 0.6 is 7.14 Å². The number of rotatable bonds is 7. The minimum atomic E-state index is -3.58. The van der Waals surface area contributed by atoms with Gasteiger partial charge in [-0.3, -0.25) is 4.79 Å². The normalized spacial score (nSPS) is 11.0.